The Balaban J connectivity index is 1.62. The van der Waals surface area contributed by atoms with Gasteiger partial charge in [0.25, 0.3) is 0 Å². The summed E-state index contributed by atoms with van der Waals surface area (Å²) in [5.74, 6) is 0.595. The number of methoxy groups -OCH3 is 1. The second-order valence-electron chi connectivity index (χ2n) is 8.17. The van der Waals surface area contributed by atoms with E-state index in [2.05, 4.69) is 5.32 Å². The highest BCUT2D eigenvalue weighted by atomic mass is 32.2. The first-order chi connectivity index (χ1) is 16.2. The van der Waals surface area contributed by atoms with Crippen LogP contribution >= 0.6 is 0 Å². The molecule has 0 saturated carbocycles. The van der Waals surface area contributed by atoms with E-state index < -0.39 is 15.9 Å². The molecule has 0 aliphatic carbocycles. The molecule has 3 rings (SSSR count). The Hall–Kier alpha value is -3.36. The van der Waals surface area contributed by atoms with E-state index >= 15 is 0 Å². The van der Waals surface area contributed by atoms with Gasteiger partial charge in [0.15, 0.2) is 0 Å². The molecule has 0 atom stereocenters. The van der Waals surface area contributed by atoms with E-state index in [1.54, 1.807) is 36.4 Å². The molecule has 1 N–H and O–H groups in total. The third-order valence-corrected chi connectivity index (χ3v) is 7.12. The number of hydrogen-bond donors (Lipinski definition) is 1. The predicted molar refractivity (Wildman–Crippen MR) is 133 cm³/mol. The summed E-state index contributed by atoms with van der Waals surface area (Å²) in [5, 5.41) is 2.72. The number of ether oxygens (including phenoxy) is 2. The lowest BCUT2D eigenvalue weighted by Crippen LogP contribution is -2.35. The molecular formula is C26H30N2O5S. The van der Waals surface area contributed by atoms with Crippen LogP contribution in [0.25, 0.3) is 0 Å². The zero-order chi connectivity index (χ0) is 24.7. The van der Waals surface area contributed by atoms with Crippen LogP contribution in [0, 0.1) is 0 Å². The van der Waals surface area contributed by atoms with Crippen LogP contribution in [0.1, 0.15) is 30.9 Å². The molecule has 0 spiro atoms. The normalized spacial score (nSPS) is 11.5. The van der Waals surface area contributed by atoms with Crippen LogP contribution in [0.2, 0.25) is 0 Å². The first-order valence-electron chi connectivity index (χ1n) is 10.9. The Morgan fingerprint density at radius 1 is 1.00 bits per heavy atom. The monoisotopic (exact) mass is 482 g/mol. The zero-order valence-electron chi connectivity index (χ0n) is 19.8. The number of nitrogens with zero attached hydrogens (tertiary/aromatic N) is 1. The number of benzene rings is 3. The highest BCUT2D eigenvalue weighted by Crippen LogP contribution is 2.30. The number of anilines is 1. The summed E-state index contributed by atoms with van der Waals surface area (Å²) >= 11 is 0. The SMILES string of the molecule is COc1ccc(C(C)C)cc1S(=O)(=O)N(C)CC(=O)Nc1ccc(OCc2ccccc2)cc1. The molecule has 0 aliphatic rings. The quantitative estimate of drug-likeness (QED) is 0.454. The lowest BCUT2D eigenvalue weighted by atomic mass is 10.0. The van der Waals surface area contributed by atoms with Crippen LogP contribution in [-0.4, -0.2) is 39.3 Å². The van der Waals surface area contributed by atoms with Crippen molar-refractivity contribution < 1.29 is 22.7 Å². The molecule has 0 fully saturated rings. The number of rotatable bonds is 10. The van der Waals surface area contributed by atoms with Gasteiger partial charge in [-0.3, -0.25) is 4.79 Å². The van der Waals surface area contributed by atoms with Crippen molar-refractivity contribution in [1.82, 2.24) is 4.31 Å². The minimum absolute atomic E-state index is 0.0383. The van der Waals surface area contributed by atoms with Gasteiger partial charge in [0.2, 0.25) is 15.9 Å². The molecule has 0 saturated heterocycles. The third-order valence-electron chi connectivity index (χ3n) is 5.30. The lowest BCUT2D eigenvalue weighted by Gasteiger charge is -2.20. The number of amides is 1. The van der Waals surface area contributed by atoms with E-state index in [9.17, 15) is 13.2 Å². The van der Waals surface area contributed by atoms with Gasteiger partial charge in [-0.1, -0.05) is 50.2 Å². The summed E-state index contributed by atoms with van der Waals surface area (Å²) in [6.45, 7) is 4.06. The van der Waals surface area contributed by atoms with Gasteiger partial charge in [0.05, 0.1) is 13.7 Å². The van der Waals surface area contributed by atoms with E-state index in [-0.39, 0.29) is 23.1 Å². The number of hydrogen-bond acceptors (Lipinski definition) is 5. The molecule has 34 heavy (non-hydrogen) atoms. The maximum atomic E-state index is 13.2. The Labute approximate surface area is 201 Å². The number of carbonyl (C=O) groups excluding carboxylic acids is 1. The Morgan fingerprint density at radius 3 is 2.29 bits per heavy atom. The van der Waals surface area contributed by atoms with Crippen molar-refractivity contribution in [2.45, 2.75) is 31.3 Å². The average molecular weight is 483 g/mol. The standard InChI is InChI=1S/C26H30N2O5S/c1-19(2)21-10-15-24(32-4)25(16-21)34(30,31)28(3)17-26(29)27-22-11-13-23(14-12-22)33-18-20-8-6-5-7-9-20/h5-16,19H,17-18H2,1-4H3,(H,27,29). The summed E-state index contributed by atoms with van der Waals surface area (Å²) in [4.78, 5) is 12.6. The van der Waals surface area contributed by atoms with Crippen LogP contribution in [0.5, 0.6) is 11.5 Å². The van der Waals surface area contributed by atoms with Crippen LogP contribution < -0.4 is 14.8 Å². The predicted octanol–water partition coefficient (Wildman–Crippen LogP) is 4.66. The van der Waals surface area contributed by atoms with Crippen molar-refractivity contribution in [3.63, 3.8) is 0 Å². The van der Waals surface area contributed by atoms with Crippen molar-refractivity contribution in [2.24, 2.45) is 0 Å². The summed E-state index contributed by atoms with van der Waals surface area (Å²) in [7, 11) is -1.15. The summed E-state index contributed by atoms with van der Waals surface area (Å²) < 4.78 is 38.3. The number of carbonyl (C=O) groups is 1. The van der Waals surface area contributed by atoms with Gasteiger partial charge >= 0.3 is 0 Å². The molecule has 0 unspecified atom stereocenters. The second kappa shape index (κ2) is 11.2. The molecule has 180 valence electrons. The second-order valence-corrected chi connectivity index (χ2v) is 10.2. The number of nitrogens with one attached hydrogen (secondary N) is 1. The van der Waals surface area contributed by atoms with E-state index in [1.165, 1.54) is 14.2 Å². The number of sulfonamides is 1. The van der Waals surface area contributed by atoms with Crippen LogP contribution in [0.3, 0.4) is 0 Å². The first kappa shape index (κ1) is 25.3. The topological polar surface area (TPSA) is 84.9 Å². The van der Waals surface area contributed by atoms with Crippen molar-refractivity contribution in [3.05, 3.63) is 83.9 Å². The fourth-order valence-electron chi connectivity index (χ4n) is 3.29. The van der Waals surface area contributed by atoms with Gasteiger partial charge in [-0.2, -0.15) is 4.31 Å². The number of likely N-dealkylation sites (N-methyl/N-ethyl adjacent to an activating group) is 1. The highest BCUT2D eigenvalue weighted by Gasteiger charge is 2.27. The molecule has 0 radical (unpaired) electrons. The maximum absolute atomic E-state index is 13.2. The molecule has 8 heteroatoms. The Kier molecular flexibility index (Phi) is 8.31. The minimum atomic E-state index is -3.94. The Morgan fingerprint density at radius 2 is 1.68 bits per heavy atom. The van der Waals surface area contributed by atoms with Gasteiger partial charge in [-0.05, 0) is 53.4 Å². The Bertz CT molecular complexity index is 1210. The van der Waals surface area contributed by atoms with Crippen LogP contribution in [-0.2, 0) is 21.4 Å². The molecule has 0 bridgehead atoms. The average Bonchev–Trinajstić information content (AvgIpc) is 2.83. The smallest absolute Gasteiger partial charge is 0.246 e. The van der Waals surface area contributed by atoms with Gasteiger partial charge in [0, 0.05) is 12.7 Å². The van der Waals surface area contributed by atoms with Gasteiger partial charge in [-0.15, -0.1) is 0 Å². The molecule has 7 nitrogen and oxygen atoms in total. The first-order valence-corrected chi connectivity index (χ1v) is 12.4. The summed E-state index contributed by atoms with van der Waals surface area (Å²) in [6.07, 6.45) is 0. The van der Waals surface area contributed by atoms with E-state index in [0.29, 0.717) is 18.0 Å². The van der Waals surface area contributed by atoms with Crippen LogP contribution in [0.15, 0.2) is 77.7 Å². The van der Waals surface area contributed by atoms with Crippen molar-refractivity contribution in [3.8, 4) is 11.5 Å². The maximum Gasteiger partial charge on any atom is 0.246 e. The minimum Gasteiger partial charge on any atom is -0.495 e. The van der Waals surface area contributed by atoms with Crippen molar-refractivity contribution in [1.29, 1.82) is 0 Å². The van der Waals surface area contributed by atoms with E-state index in [0.717, 1.165) is 15.4 Å². The highest BCUT2D eigenvalue weighted by molar-refractivity contribution is 7.89. The summed E-state index contributed by atoms with van der Waals surface area (Å²) in [5.41, 5.74) is 2.47. The van der Waals surface area contributed by atoms with Gasteiger partial charge in [-0.25, -0.2) is 8.42 Å². The zero-order valence-corrected chi connectivity index (χ0v) is 20.6. The summed E-state index contributed by atoms with van der Waals surface area (Å²) in [6, 6.07) is 21.8. The molecule has 0 aliphatic heterocycles. The van der Waals surface area contributed by atoms with Crippen molar-refractivity contribution in [2.75, 3.05) is 26.0 Å². The fourth-order valence-corrected chi connectivity index (χ4v) is 4.60. The lowest BCUT2D eigenvalue weighted by molar-refractivity contribution is -0.116. The van der Waals surface area contributed by atoms with Gasteiger partial charge < -0.3 is 14.8 Å². The molecular weight excluding hydrogens is 452 g/mol. The third kappa shape index (κ3) is 6.36. The van der Waals surface area contributed by atoms with Crippen LogP contribution in [0.4, 0.5) is 5.69 Å². The van der Waals surface area contributed by atoms with Gasteiger partial charge in [0.1, 0.15) is 23.0 Å². The molecule has 3 aromatic rings. The van der Waals surface area contributed by atoms with E-state index in [4.69, 9.17) is 9.47 Å². The largest absolute Gasteiger partial charge is 0.495 e. The van der Waals surface area contributed by atoms with E-state index in [1.807, 2.05) is 50.2 Å². The van der Waals surface area contributed by atoms with Crippen molar-refractivity contribution >= 4 is 21.6 Å². The molecule has 0 aromatic heterocycles. The molecule has 3 aromatic carbocycles. The molecule has 0 heterocycles. The fraction of sp³-hybridized carbons (Fsp3) is 0.269. The molecule has 1 amide bonds.